The molecule has 0 aliphatic carbocycles. The minimum Gasteiger partial charge on any atom is -0.239 e. The third kappa shape index (κ3) is 2.02. The first kappa shape index (κ1) is 11.6. The Bertz CT molecular complexity index is 654. The SMILES string of the molecule is N#C/C=C\c1nc2n(n1)[C@H](c1ccccc1)C[C@@H]2F. The maximum atomic E-state index is 14.0. The first-order valence-corrected chi connectivity index (χ1v) is 6.01. The number of fused-ring (bicyclic) bond motifs is 1. The molecule has 0 bridgehead atoms. The third-order valence-corrected chi connectivity index (χ3v) is 3.17. The summed E-state index contributed by atoms with van der Waals surface area (Å²) in [6.07, 6.45) is 2.03. The van der Waals surface area contributed by atoms with Crippen molar-refractivity contribution in [3.63, 3.8) is 0 Å². The van der Waals surface area contributed by atoms with Gasteiger partial charge in [-0.2, -0.15) is 10.4 Å². The molecular weight excluding hydrogens is 243 g/mol. The molecule has 19 heavy (non-hydrogen) atoms. The zero-order valence-electron chi connectivity index (χ0n) is 10.1. The number of nitrogens with zero attached hydrogens (tertiary/aromatic N) is 4. The van der Waals surface area contributed by atoms with Gasteiger partial charge in [0.05, 0.1) is 12.1 Å². The zero-order valence-corrected chi connectivity index (χ0v) is 10.1. The van der Waals surface area contributed by atoms with E-state index < -0.39 is 6.17 Å². The molecule has 0 amide bonds. The lowest BCUT2D eigenvalue weighted by Crippen LogP contribution is -2.07. The van der Waals surface area contributed by atoms with Crippen LogP contribution in [0, 0.1) is 11.3 Å². The number of aromatic nitrogens is 3. The van der Waals surface area contributed by atoms with Crippen molar-refractivity contribution in [3.05, 3.63) is 53.6 Å². The van der Waals surface area contributed by atoms with Crippen LogP contribution in [0.15, 0.2) is 36.4 Å². The number of nitriles is 1. The van der Waals surface area contributed by atoms with Crippen molar-refractivity contribution in [1.29, 1.82) is 5.26 Å². The smallest absolute Gasteiger partial charge is 0.175 e. The second-order valence-corrected chi connectivity index (χ2v) is 4.36. The summed E-state index contributed by atoms with van der Waals surface area (Å²) in [5.41, 5.74) is 1.02. The minimum atomic E-state index is -1.11. The van der Waals surface area contributed by atoms with Crippen LogP contribution in [0.1, 0.15) is 35.8 Å². The zero-order chi connectivity index (χ0) is 13.2. The first-order valence-electron chi connectivity index (χ1n) is 6.01. The Labute approximate surface area is 109 Å². The van der Waals surface area contributed by atoms with Crippen molar-refractivity contribution in [1.82, 2.24) is 14.8 Å². The maximum absolute atomic E-state index is 14.0. The quantitative estimate of drug-likeness (QED) is 0.774. The Morgan fingerprint density at radius 3 is 2.89 bits per heavy atom. The van der Waals surface area contributed by atoms with Crippen molar-refractivity contribution in [2.75, 3.05) is 0 Å². The van der Waals surface area contributed by atoms with E-state index in [1.165, 1.54) is 12.2 Å². The van der Waals surface area contributed by atoms with Gasteiger partial charge in [-0.25, -0.2) is 14.1 Å². The summed E-state index contributed by atoms with van der Waals surface area (Å²) < 4.78 is 15.6. The van der Waals surface area contributed by atoms with E-state index in [4.69, 9.17) is 5.26 Å². The van der Waals surface area contributed by atoms with Crippen molar-refractivity contribution < 1.29 is 4.39 Å². The highest BCUT2D eigenvalue weighted by Gasteiger charge is 2.34. The molecular formula is C14H11FN4. The van der Waals surface area contributed by atoms with Crippen LogP contribution in [-0.2, 0) is 0 Å². The highest BCUT2D eigenvalue weighted by Crippen LogP contribution is 2.39. The summed E-state index contributed by atoms with van der Waals surface area (Å²) in [6, 6.07) is 11.4. The average Bonchev–Trinajstić information content (AvgIpc) is 2.98. The normalized spacial score (nSPS) is 21.5. The molecule has 0 saturated heterocycles. The molecule has 0 radical (unpaired) electrons. The Morgan fingerprint density at radius 2 is 2.16 bits per heavy atom. The van der Waals surface area contributed by atoms with Crippen LogP contribution in [0.4, 0.5) is 4.39 Å². The number of alkyl halides is 1. The molecule has 1 aliphatic heterocycles. The van der Waals surface area contributed by atoms with Crippen LogP contribution in [0.5, 0.6) is 0 Å². The van der Waals surface area contributed by atoms with Gasteiger partial charge in [0, 0.05) is 12.5 Å². The van der Waals surface area contributed by atoms with Crippen molar-refractivity contribution in [3.8, 4) is 6.07 Å². The van der Waals surface area contributed by atoms with E-state index in [2.05, 4.69) is 10.1 Å². The Kier molecular flexibility index (Phi) is 2.84. The number of benzene rings is 1. The second-order valence-electron chi connectivity index (χ2n) is 4.36. The van der Waals surface area contributed by atoms with E-state index in [-0.39, 0.29) is 6.04 Å². The molecule has 4 nitrogen and oxygen atoms in total. The van der Waals surface area contributed by atoms with Gasteiger partial charge in [-0.3, -0.25) is 0 Å². The molecule has 3 rings (SSSR count). The van der Waals surface area contributed by atoms with E-state index in [0.29, 0.717) is 18.1 Å². The summed E-state index contributed by atoms with van der Waals surface area (Å²) in [5.74, 6) is 0.714. The molecule has 0 unspecified atom stereocenters. The van der Waals surface area contributed by atoms with Crippen LogP contribution in [0.25, 0.3) is 6.08 Å². The highest BCUT2D eigenvalue weighted by molar-refractivity contribution is 5.43. The molecule has 1 aliphatic rings. The minimum absolute atomic E-state index is 0.122. The van der Waals surface area contributed by atoms with Crippen LogP contribution in [0.3, 0.4) is 0 Å². The van der Waals surface area contributed by atoms with Crippen molar-refractivity contribution in [2.45, 2.75) is 18.6 Å². The number of allylic oxidation sites excluding steroid dienone is 1. The predicted molar refractivity (Wildman–Crippen MR) is 67.7 cm³/mol. The monoisotopic (exact) mass is 254 g/mol. The van der Waals surface area contributed by atoms with Gasteiger partial charge >= 0.3 is 0 Å². The topological polar surface area (TPSA) is 54.5 Å². The Balaban J connectivity index is 2.00. The molecule has 5 heteroatoms. The summed E-state index contributed by atoms with van der Waals surface area (Å²) in [4.78, 5) is 4.12. The fourth-order valence-electron chi connectivity index (χ4n) is 2.33. The Hall–Kier alpha value is -2.48. The van der Waals surface area contributed by atoms with Crippen molar-refractivity contribution >= 4 is 6.08 Å². The van der Waals surface area contributed by atoms with E-state index >= 15 is 0 Å². The predicted octanol–water partition coefficient (Wildman–Crippen LogP) is 2.82. The molecule has 94 valence electrons. The lowest BCUT2D eigenvalue weighted by molar-refractivity contribution is 0.328. The third-order valence-electron chi connectivity index (χ3n) is 3.17. The molecule has 0 N–H and O–H groups in total. The number of halogens is 1. The molecule has 2 aromatic rings. The molecule has 1 aromatic heterocycles. The fourth-order valence-corrected chi connectivity index (χ4v) is 2.33. The van der Waals surface area contributed by atoms with Gasteiger partial charge in [-0.1, -0.05) is 30.3 Å². The lowest BCUT2D eigenvalue weighted by atomic mass is 10.0. The van der Waals surface area contributed by atoms with Gasteiger partial charge in [-0.05, 0) is 11.6 Å². The van der Waals surface area contributed by atoms with Crippen LogP contribution >= 0.6 is 0 Å². The van der Waals surface area contributed by atoms with E-state index in [1.54, 1.807) is 4.68 Å². The average molecular weight is 254 g/mol. The van der Waals surface area contributed by atoms with Gasteiger partial charge in [0.15, 0.2) is 17.8 Å². The van der Waals surface area contributed by atoms with E-state index in [0.717, 1.165) is 5.56 Å². The number of rotatable bonds is 2. The molecule has 0 saturated carbocycles. The summed E-state index contributed by atoms with van der Waals surface area (Å²) in [5, 5.41) is 12.7. The second kappa shape index (κ2) is 4.65. The summed E-state index contributed by atoms with van der Waals surface area (Å²) in [7, 11) is 0. The van der Waals surface area contributed by atoms with Crippen molar-refractivity contribution in [2.24, 2.45) is 0 Å². The number of hydrogen-bond donors (Lipinski definition) is 0. The fraction of sp³-hybridized carbons (Fsp3) is 0.214. The molecule has 1 aromatic carbocycles. The van der Waals surface area contributed by atoms with Crippen LogP contribution in [0.2, 0.25) is 0 Å². The highest BCUT2D eigenvalue weighted by atomic mass is 19.1. The standard InChI is InChI=1S/C14H11FN4/c15-11-9-12(10-5-2-1-3-6-10)19-14(11)17-13(18-19)7-4-8-16/h1-7,11-12H,9H2/b7-4-/t11-,12-/m0/s1. The molecule has 0 spiro atoms. The number of hydrogen-bond acceptors (Lipinski definition) is 3. The van der Waals surface area contributed by atoms with Gasteiger partial charge in [0.25, 0.3) is 0 Å². The molecule has 0 fully saturated rings. The van der Waals surface area contributed by atoms with Crippen LogP contribution < -0.4 is 0 Å². The largest absolute Gasteiger partial charge is 0.239 e. The summed E-state index contributed by atoms with van der Waals surface area (Å²) >= 11 is 0. The molecule has 2 heterocycles. The van der Waals surface area contributed by atoms with Gasteiger partial charge in [-0.15, -0.1) is 0 Å². The molecule has 2 atom stereocenters. The lowest BCUT2D eigenvalue weighted by Gasteiger charge is -2.11. The van der Waals surface area contributed by atoms with Gasteiger partial charge < -0.3 is 0 Å². The maximum Gasteiger partial charge on any atom is 0.175 e. The van der Waals surface area contributed by atoms with Gasteiger partial charge in [0.2, 0.25) is 0 Å². The summed E-state index contributed by atoms with van der Waals surface area (Å²) in [6.45, 7) is 0. The first-order chi connectivity index (χ1) is 9.29. The van der Waals surface area contributed by atoms with Crippen LogP contribution in [-0.4, -0.2) is 14.8 Å². The van der Waals surface area contributed by atoms with Gasteiger partial charge in [0.1, 0.15) is 0 Å². The van der Waals surface area contributed by atoms with E-state index in [9.17, 15) is 4.39 Å². The Morgan fingerprint density at radius 1 is 1.37 bits per heavy atom. The van der Waals surface area contributed by atoms with E-state index in [1.807, 2.05) is 36.4 Å².